The van der Waals surface area contributed by atoms with Gasteiger partial charge in [-0.2, -0.15) is 5.26 Å². The van der Waals surface area contributed by atoms with Gasteiger partial charge in [-0.25, -0.2) is 0 Å². The summed E-state index contributed by atoms with van der Waals surface area (Å²) in [4.78, 5) is 12.4. The highest BCUT2D eigenvalue weighted by molar-refractivity contribution is 5.77. The van der Waals surface area contributed by atoms with Gasteiger partial charge in [0.15, 0.2) is 5.92 Å². The van der Waals surface area contributed by atoms with Gasteiger partial charge in [-0.15, -0.1) is 0 Å². The molecule has 0 aliphatic carbocycles. The van der Waals surface area contributed by atoms with Crippen LogP contribution in [0.5, 0.6) is 0 Å². The number of hydrogen-bond acceptors (Lipinski definition) is 4. The Morgan fingerprint density at radius 3 is 2.64 bits per heavy atom. The normalized spacial score (nSPS) is 25.0. The molecule has 2 rings (SSSR count). The van der Waals surface area contributed by atoms with Crippen molar-refractivity contribution in [2.24, 2.45) is 5.92 Å². The van der Waals surface area contributed by atoms with E-state index in [0.717, 1.165) is 5.56 Å². The third-order valence-corrected chi connectivity index (χ3v) is 4.33. The zero-order chi connectivity index (χ0) is 16.2. The lowest BCUT2D eigenvalue weighted by Crippen LogP contribution is -2.50. The number of rotatable bonds is 4. The number of benzene rings is 1. The van der Waals surface area contributed by atoms with Crippen LogP contribution in [0, 0.1) is 17.2 Å². The zero-order valence-corrected chi connectivity index (χ0v) is 13.5. The Balaban J connectivity index is 2.50. The minimum absolute atomic E-state index is 0.280. The molecule has 1 aromatic carbocycles. The Labute approximate surface area is 132 Å². The van der Waals surface area contributed by atoms with Crippen molar-refractivity contribution >= 4 is 5.97 Å². The highest BCUT2D eigenvalue weighted by atomic mass is 16.5. The molecule has 0 N–H and O–H groups in total. The monoisotopic (exact) mass is 301 g/mol. The standard InChI is InChI=1S/C18H23NO3/c1-4-21-16(20)15(12-19)18(14-8-6-5-7-9-14)10-11-22-17(2,3)13-18/h5-9,15H,4,10-11,13H2,1-3H3. The van der Waals surface area contributed by atoms with Crippen molar-refractivity contribution in [3.63, 3.8) is 0 Å². The van der Waals surface area contributed by atoms with Crippen molar-refractivity contribution in [3.8, 4) is 6.07 Å². The lowest BCUT2D eigenvalue weighted by molar-refractivity contribution is -0.153. The van der Waals surface area contributed by atoms with Gasteiger partial charge in [-0.1, -0.05) is 30.3 Å². The molecular formula is C18H23NO3. The first kappa shape index (κ1) is 16.5. The lowest BCUT2D eigenvalue weighted by atomic mass is 9.62. The molecule has 4 nitrogen and oxygen atoms in total. The lowest BCUT2D eigenvalue weighted by Gasteiger charge is -2.46. The first-order valence-corrected chi connectivity index (χ1v) is 7.71. The van der Waals surface area contributed by atoms with Crippen molar-refractivity contribution in [2.45, 2.75) is 44.6 Å². The average Bonchev–Trinajstić information content (AvgIpc) is 2.48. The van der Waals surface area contributed by atoms with Crippen molar-refractivity contribution < 1.29 is 14.3 Å². The molecule has 1 aliphatic heterocycles. The second-order valence-corrected chi connectivity index (χ2v) is 6.37. The number of carbonyl (C=O) groups is 1. The molecule has 1 aliphatic rings. The quantitative estimate of drug-likeness (QED) is 0.801. The van der Waals surface area contributed by atoms with E-state index in [4.69, 9.17) is 9.47 Å². The molecule has 22 heavy (non-hydrogen) atoms. The molecule has 0 bridgehead atoms. The summed E-state index contributed by atoms with van der Waals surface area (Å²) in [6.45, 7) is 6.57. The number of hydrogen-bond donors (Lipinski definition) is 0. The van der Waals surface area contributed by atoms with E-state index in [-0.39, 0.29) is 12.2 Å². The molecule has 0 radical (unpaired) electrons. The van der Waals surface area contributed by atoms with E-state index in [9.17, 15) is 10.1 Å². The van der Waals surface area contributed by atoms with Crippen LogP contribution in [0.2, 0.25) is 0 Å². The Morgan fingerprint density at radius 2 is 2.09 bits per heavy atom. The van der Waals surface area contributed by atoms with Crippen LogP contribution in [0.1, 0.15) is 39.2 Å². The second-order valence-electron chi connectivity index (χ2n) is 6.37. The number of ether oxygens (including phenoxy) is 2. The van der Waals surface area contributed by atoms with E-state index >= 15 is 0 Å². The molecule has 0 spiro atoms. The molecule has 0 saturated carbocycles. The summed E-state index contributed by atoms with van der Waals surface area (Å²) in [7, 11) is 0. The van der Waals surface area contributed by atoms with E-state index in [2.05, 4.69) is 6.07 Å². The predicted molar refractivity (Wildman–Crippen MR) is 83.1 cm³/mol. The largest absolute Gasteiger partial charge is 0.465 e. The van der Waals surface area contributed by atoms with Gasteiger partial charge in [0.05, 0.1) is 18.3 Å². The fourth-order valence-corrected chi connectivity index (χ4v) is 3.47. The summed E-state index contributed by atoms with van der Waals surface area (Å²) >= 11 is 0. The summed E-state index contributed by atoms with van der Waals surface area (Å²) in [5.74, 6) is -1.26. The van der Waals surface area contributed by atoms with Crippen LogP contribution in [-0.2, 0) is 19.7 Å². The molecule has 0 amide bonds. The fourth-order valence-electron chi connectivity index (χ4n) is 3.47. The van der Waals surface area contributed by atoms with Crippen LogP contribution in [0.15, 0.2) is 30.3 Å². The molecule has 1 heterocycles. The van der Waals surface area contributed by atoms with Gasteiger partial charge in [0.1, 0.15) is 0 Å². The van der Waals surface area contributed by atoms with Crippen molar-refractivity contribution in [2.75, 3.05) is 13.2 Å². The van der Waals surface area contributed by atoms with E-state index in [1.807, 2.05) is 44.2 Å². The molecule has 118 valence electrons. The fraction of sp³-hybridized carbons (Fsp3) is 0.556. The predicted octanol–water partition coefficient (Wildman–Crippen LogP) is 3.22. The number of carbonyl (C=O) groups excluding carboxylic acids is 1. The third kappa shape index (κ3) is 3.15. The highest BCUT2D eigenvalue weighted by Crippen LogP contribution is 2.47. The summed E-state index contributed by atoms with van der Waals surface area (Å²) in [6, 6.07) is 12.0. The van der Waals surface area contributed by atoms with Gasteiger partial charge in [-0.3, -0.25) is 4.79 Å². The van der Waals surface area contributed by atoms with Crippen molar-refractivity contribution in [1.82, 2.24) is 0 Å². The van der Waals surface area contributed by atoms with Crippen LogP contribution in [0.3, 0.4) is 0 Å². The summed E-state index contributed by atoms with van der Waals surface area (Å²) in [5.41, 5.74) is 0.0608. The topological polar surface area (TPSA) is 59.3 Å². The van der Waals surface area contributed by atoms with E-state index < -0.39 is 17.3 Å². The highest BCUT2D eigenvalue weighted by Gasteiger charge is 2.51. The third-order valence-electron chi connectivity index (χ3n) is 4.33. The zero-order valence-electron chi connectivity index (χ0n) is 13.5. The maximum atomic E-state index is 12.4. The van der Waals surface area contributed by atoms with E-state index in [1.54, 1.807) is 6.92 Å². The Kier molecular flexibility index (Phi) is 4.87. The molecule has 1 aromatic rings. The maximum absolute atomic E-state index is 12.4. The van der Waals surface area contributed by atoms with Gasteiger partial charge in [0.25, 0.3) is 0 Å². The van der Waals surface area contributed by atoms with Crippen molar-refractivity contribution in [1.29, 1.82) is 5.26 Å². The summed E-state index contributed by atoms with van der Waals surface area (Å²) in [5, 5.41) is 9.68. The molecule has 0 aromatic heterocycles. The Bertz CT molecular complexity index is 561. The van der Waals surface area contributed by atoms with E-state index in [1.165, 1.54) is 0 Å². The number of nitriles is 1. The average molecular weight is 301 g/mol. The number of nitrogens with zero attached hydrogens (tertiary/aromatic N) is 1. The summed E-state index contributed by atoms with van der Waals surface area (Å²) < 4.78 is 11.0. The minimum atomic E-state index is -0.821. The SMILES string of the molecule is CCOC(=O)C(C#N)C1(c2ccccc2)CCOC(C)(C)C1. The van der Waals surface area contributed by atoms with Crippen LogP contribution < -0.4 is 0 Å². The van der Waals surface area contributed by atoms with E-state index in [0.29, 0.717) is 19.4 Å². The second kappa shape index (κ2) is 6.50. The van der Waals surface area contributed by atoms with Gasteiger partial charge in [0, 0.05) is 12.0 Å². The van der Waals surface area contributed by atoms with Crippen LogP contribution in [-0.4, -0.2) is 24.8 Å². The van der Waals surface area contributed by atoms with Gasteiger partial charge in [-0.05, 0) is 39.2 Å². The van der Waals surface area contributed by atoms with Gasteiger partial charge >= 0.3 is 5.97 Å². The first-order chi connectivity index (χ1) is 10.4. The van der Waals surface area contributed by atoms with Gasteiger partial charge < -0.3 is 9.47 Å². The van der Waals surface area contributed by atoms with Gasteiger partial charge in [0.2, 0.25) is 0 Å². The van der Waals surface area contributed by atoms with Crippen LogP contribution in [0.4, 0.5) is 0 Å². The molecule has 1 saturated heterocycles. The first-order valence-electron chi connectivity index (χ1n) is 7.71. The molecule has 2 unspecified atom stereocenters. The molecule has 1 fully saturated rings. The maximum Gasteiger partial charge on any atom is 0.324 e. The smallest absolute Gasteiger partial charge is 0.324 e. The van der Waals surface area contributed by atoms with Crippen molar-refractivity contribution in [3.05, 3.63) is 35.9 Å². The van der Waals surface area contributed by atoms with Crippen LogP contribution >= 0.6 is 0 Å². The molecule has 4 heteroatoms. The molecular weight excluding hydrogens is 278 g/mol. The Hall–Kier alpha value is -1.86. The summed E-state index contributed by atoms with van der Waals surface area (Å²) in [6.07, 6.45) is 1.25. The number of esters is 1. The molecule has 2 atom stereocenters. The minimum Gasteiger partial charge on any atom is -0.465 e. The van der Waals surface area contributed by atoms with Crippen LogP contribution in [0.25, 0.3) is 0 Å². The Morgan fingerprint density at radius 1 is 1.41 bits per heavy atom.